The minimum absolute atomic E-state index is 0.400. The van der Waals surface area contributed by atoms with Crippen molar-refractivity contribution in [2.45, 2.75) is 58.5 Å². The van der Waals surface area contributed by atoms with Gasteiger partial charge in [0.25, 0.3) is 0 Å². The van der Waals surface area contributed by atoms with Crippen molar-refractivity contribution in [3.63, 3.8) is 0 Å². The first kappa shape index (κ1) is 12.5. The third kappa shape index (κ3) is 3.50. The zero-order chi connectivity index (χ0) is 11.4. The summed E-state index contributed by atoms with van der Waals surface area (Å²) in [5.41, 5.74) is 0. The van der Waals surface area contributed by atoms with Crippen molar-refractivity contribution in [3.8, 4) is 6.07 Å². The molecule has 86 valence electrons. The van der Waals surface area contributed by atoms with E-state index in [0.29, 0.717) is 18.5 Å². The Hall–Kier alpha value is -0.550. The van der Waals surface area contributed by atoms with Gasteiger partial charge in [-0.25, -0.2) is 0 Å². The van der Waals surface area contributed by atoms with E-state index in [-0.39, 0.29) is 0 Å². The summed E-state index contributed by atoms with van der Waals surface area (Å²) in [5, 5.41) is 8.71. The molecule has 0 saturated heterocycles. The molecular formula is C13H24N2. The number of nitrogens with zero attached hydrogens (tertiary/aromatic N) is 2. The van der Waals surface area contributed by atoms with Crippen LogP contribution in [0.2, 0.25) is 0 Å². The maximum atomic E-state index is 8.71. The Bertz CT molecular complexity index is 221. The van der Waals surface area contributed by atoms with Crippen LogP contribution in [-0.4, -0.2) is 24.0 Å². The Morgan fingerprint density at radius 2 is 1.80 bits per heavy atom. The summed E-state index contributed by atoms with van der Waals surface area (Å²) in [6.45, 7) is 6.87. The molecule has 0 spiro atoms. The van der Waals surface area contributed by atoms with Crippen molar-refractivity contribution >= 4 is 0 Å². The Balaban J connectivity index is 2.51. The Labute approximate surface area is 94.3 Å². The summed E-state index contributed by atoms with van der Waals surface area (Å²) >= 11 is 0. The standard InChI is InChI=1S/C13H24N2/c1-10-7-11(2)9-13(8-10)15(4)12(3)5-6-14/h10-13H,5,7-9H2,1-4H3. The first-order valence-electron chi connectivity index (χ1n) is 6.13. The largest absolute Gasteiger partial charge is 0.300 e. The van der Waals surface area contributed by atoms with Crippen molar-refractivity contribution in [2.75, 3.05) is 7.05 Å². The summed E-state index contributed by atoms with van der Waals surface area (Å²) in [5.74, 6) is 1.69. The minimum atomic E-state index is 0.400. The van der Waals surface area contributed by atoms with E-state index in [1.165, 1.54) is 19.3 Å². The van der Waals surface area contributed by atoms with Crippen LogP contribution in [0.25, 0.3) is 0 Å². The van der Waals surface area contributed by atoms with Crippen molar-refractivity contribution < 1.29 is 0 Å². The predicted octanol–water partition coefficient (Wildman–Crippen LogP) is 3.05. The molecule has 1 rings (SSSR count). The van der Waals surface area contributed by atoms with Crippen LogP contribution in [0.1, 0.15) is 46.5 Å². The van der Waals surface area contributed by atoms with Crippen LogP contribution in [0.3, 0.4) is 0 Å². The van der Waals surface area contributed by atoms with Crippen LogP contribution >= 0.6 is 0 Å². The Kier molecular flexibility index (Phi) is 4.60. The van der Waals surface area contributed by atoms with Gasteiger partial charge in [0.1, 0.15) is 0 Å². The average molecular weight is 208 g/mol. The second-order valence-corrected chi connectivity index (χ2v) is 5.45. The number of nitriles is 1. The Morgan fingerprint density at radius 1 is 1.27 bits per heavy atom. The lowest BCUT2D eigenvalue weighted by atomic mass is 9.79. The van der Waals surface area contributed by atoms with Gasteiger partial charge in [-0.05, 0) is 45.1 Å². The molecule has 0 aromatic heterocycles. The normalized spacial score (nSPS) is 33.7. The zero-order valence-corrected chi connectivity index (χ0v) is 10.5. The molecule has 3 atom stereocenters. The highest BCUT2D eigenvalue weighted by Crippen LogP contribution is 2.31. The molecule has 0 N–H and O–H groups in total. The lowest BCUT2D eigenvalue weighted by Gasteiger charge is -2.39. The molecule has 0 amide bonds. The first-order valence-corrected chi connectivity index (χ1v) is 6.13. The van der Waals surface area contributed by atoms with Crippen LogP contribution in [0, 0.1) is 23.2 Å². The molecule has 1 saturated carbocycles. The van der Waals surface area contributed by atoms with Gasteiger partial charge in [0.2, 0.25) is 0 Å². The zero-order valence-electron chi connectivity index (χ0n) is 10.5. The molecule has 3 unspecified atom stereocenters. The highest BCUT2D eigenvalue weighted by molar-refractivity contribution is 4.86. The van der Waals surface area contributed by atoms with Crippen molar-refractivity contribution in [3.05, 3.63) is 0 Å². The van der Waals surface area contributed by atoms with E-state index in [0.717, 1.165) is 11.8 Å². The van der Waals surface area contributed by atoms with Gasteiger partial charge in [0.15, 0.2) is 0 Å². The van der Waals surface area contributed by atoms with Crippen molar-refractivity contribution in [2.24, 2.45) is 11.8 Å². The maximum absolute atomic E-state index is 8.71. The molecule has 0 aromatic carbocycles. The molecule has 1 aliphatic carbocycles. The summed E-state index contributed by atoms with van der Waals surface area (Å²) in [6.07, 6.45) is 4.62. The lowest BCUT2D eigenvalue weighted by Crippen LogP contribution is -2.42. The number of rotatable bonds is 3. The lowest BCUT2D eigenvalue weighted by molar-refractivity contribution is 0.104. The van der Waals surface area contributed by atoms with Gasteiger partial charge in [-0.2, -0.15) is 5.26 Å². The quantitative estimate of drug-likeness (QED) is 0.713. The highest BCUT2D eigenvalue weighted by Gasteiger charge is 2.28. The maximum Gasteiger partial charge on any atom is 0.0638 e. The van der Waals surface area contributed by atoms with Crippen LogP contribution in [-0.2, 0) is 0 Å². The third-order valence-electron chi connectivity index (χ3n) is 3.81. The highest BCUT2D eigenvalue weighted by atomic mass is 15.2. The summed E-state index contributed by atoms with van der Waals surface area (Å²) < 4.78 is 0. The van der Waals surface area contributed by atoms with Gasteiger partial charge in [0.05, 0.1) is 12.5 Å². The predicted molar refractivity (Wildman–Crippen MR) is 63.4 cm³/mol. The SMILES string of the molecule is CC1CC(C)CC(N(C)C(C)CC#N)C1. The molecule has 2 nitrogen and oxygen atoms in total. The van der Waals surface area contributed by atoms with Crippen LogP contribution in [0.4, 0.5) is 0 Å². The number of hydrogen-bond donors (Lipinski definition) is 0. The van der Waals surface area contributed by atoms with Gasteiger partial charge >= 0.3 is 0 Å². The van der Waals surface area contributed by atoms with E-state index in [2.05, 4.69) is 38.8 Å². The topological polar surface area (TPSA) is 27.0 Å². The second-order valence-electron chi connectivity index (χ2n) is 5.45. The van der Waals surface area contributed by atoms with Crippen molar-refractivity contribution in [1.82, 2.24) is 4.90 Å². The van der Waals surface area contributed by atoms with E-state index in [1.54, 1.807) is 0 Å². The molecule has 0 aromatic rings. The fourth-order valence-electron chi connectivity index (χ4n) is 2.87. The first-order chi connectivity index (χ1) is 7.04. The molecule has 1 fully saturated rings. The molecule has 0 bridgehead atoms. The van der Waals surface area contributed by atoms with Crippen LogP contribution < -0.4 is 0 Å². The van der Waals surface area contributed by atoms with E-state index < -0.39 is 0 Å². The van der Waals surface area contributed by atoms with E-state index in [9.17, 15) is 0 Å². The second kappa shape index (κ2) is 5.51. The van der Waals surface area contributed by atoms with Gasteiger partial charge in [0, 0.05) is 12.1 Å². The average Bonchev–Trinajstić information content (AvgIpc) is 2.15. The van der Waals surface area contributed by atoms with Gasteiger partial charge in [-0.1, -0.05) is 13.8 Å². The monoisotopic (exact) mass is 208 g/mol. The molecule has 0 radical (unpaired) electrons. The molecule has 15 heavy (non-hydrogen) atoms. The van der Waals surface area contributed by atoms with Gasteiger partial charge in [-0.3, -0.25) is 4.90 Å². The van der Waals surface area contributed by atoms with Gasteiger partial charge < -0.3 is 0 Å². The molecule has 0 heterocycles. The number of hydrogen-bond acceptors (Lipinski definition) is 2. The Morgan fingerprint density at radius 3 is 2.27 bits per heavy atom. The van der Waals surface area contributed by atoms with Crippen LogP contribution in [0.5, 0.6) is 0 Å². The minimum Gasteiger partial charge on any atom is -0.300 e. The summed E-state index contributed by atoms with van der Waals surface area (Å²) in [4.78, 5) is 2.41. The summed E-state index contributed by atoms with van der Waals surface area (Å²) in [7, 11) is 2.18. The third-order valence-corrected chi connectivity index (χ3v) is 3.81. The van der Waals surface area contributed by atoms with E-state index in [1.807, 2.05) is 0 Å². The molecule has 0 aliphatic heterocycles. The van der Waals surface area contributed by atoms with Gasteiger partial charge in [-0.15, -0.1) is 0 Å². The van der Waals surface area contributed by atoms with E-state index in [4.69, 9.17) is 5.26 Å². The fourth-order valence-corrected chi connectivity index (χ4v) is 2.87. The van der Waals surface area contributed by atoms with Crippen molar-refractivity contribution in [1.29, 1.82) is 5.26 Å². The van der Waals surface area contributed by atoms with Crippen LogP contribution in [0.15, 0.2) is 0 Å². The fraction of sp³-hybridized carbons (Fsp3) is 0.923. The molecule has 1 aliphatic rings. The smallest absolute Gasteiger partial charge is 0.0638 e. The molecule has 2 heteroatoms. The summed E-state index contributed by atoms with van der Waals surface area (Å²) in [6, 6.07) is 3.36. The van der Waals surface area contributed by atoms with E-state index >= 15 is 0 Å². The molecular weight excluding hydrogens is 184 g/mol.